The van der Waals surface area contributed by atoms with Gasteiger partial charge < -0.3 is 5.11 Å². The Morgan fingerprint density at radius 1 is 1.37 bits per heavy atom. The molecule has 1 N–H and O–H groups in total. The van der Waals surface area contributed by atoms with E-state index in [1.807, 2.05) is 11.4 Å². The van der Waals surface area contributed by atoms with E-state index >= 15 is 0 Å². The standard InChI is InChI=1S/C15H19NO2S/c17-15(18)14-11-4-6-19-13(11)3-5-16(14)12-8-9-1-2-10(12)7-9/h4,6,9-10,12,14H,1-3,5,7-8H2,(H,17,18). The average molecular weight is 277 g/mol. The van der Waals surface area contributed by atoms with Gasteiger partial charge in [0.05, 0.1) is 0 Å². The van der Waals surface area contributed by atoms with Gasteiger partial charge in [-0.1, -0.05) is 6.42 Å². The SMILES string of the molecule is O=C(O)C1c2ccsc2CCN1C1CC2CCC1C2. The van der Waals surface area contributed by atoms with Crippen LogP contribution in [0, 0.1) is 11.8 Å². The Morgan fingerprint density at radius 2 is 2.26 bits per heavy atom. The van der Waals surface area contributed by atoms with Gasteiger partial charge >= 0.3 is 5.97 Å². The van der Waals surface area contributed by atoms with E-state index in [9.17, 15) is 9.90 Å². The minimum atomic E-state index is -0.665. The molecule has 4 heteroatoms. The van der Waals surface area contributed by atoms with Gasteiger partial charge in [0.25, 0.3) is 0 Å². The summed E-state index contributed by atoms with van der Waals surface area (Å²) in [4.78, 5) is 15.3. The zero-order valence-electron chi connectivity index (χ0n) is 10.9. The number of hydrogen-bond donors (Lipinski definition) is 1. The number of fused-ring (bicyclic) bond motifs is 3. The highest BCUT2D eigenvalue weighted by atomic mass is 32.1. The van der Waals surface area contributed by atoms with Crippen molar-refractivity contribution in [2.75, 3.05) is 6.54 Å². The molecule has 4 rings (SSSR count). The first-order valence-corrected chi connectivity index (χ1v) is 8.17. The second kappa shape index (κ2) is 4.32. The smallest absolute Gasteiger partial charge is 0.325 e. The summed E-state index contributed by atoms with van der Waals surface area (Å²) >= 11 is 1.72. The molecule has 2 heterocycles. The third-order valence-corrected chi connectivity index (χ3v) is 6.36. The van der Waals surface area contributed by atoms with Crippen LogP contribution in [0.25, 0.3) is 0 Å². The number of carboxylic acid groups (broad SMARTS) is 1. The van der Waals surface area contributed by atoms with E-state index in [0.29, 0.717) is 6.04 Å². The quantitative estimate of drug-likeness (QED) is 0.903. The first-order chi connectivity index (χ1) is 9.24. The summed E-state index contributed by atoms with van der Waals surface area (Å²) in [5.41, 5.74) is 1.06. The maximum atomic E-state index is 11.8. The molecule has 3 aliphatic rings. The second-order valence-electron chi connectivity index (χ2n) is 6.27. The summed E-state index contributed by atoms with van der Waals surface area (Å²) in [7, 11) is 0. The van der Waals surface area contributed by atoms with E-state index in [0.717, 1.165) is 30.4 Å². The van der Waals surface area contributed by atoms with Gasteiger partial charge in [0.1, 0.15) is 6.04 Å². The van der Waals surface area contributed by atoms with Crippen molar-refractivity contribution in [2.45, 2.75) is 44.2 Å². The molecule has 2 saturated carbocycles. The molecular formula is C15H19NO2S. The van der Waals surface area contributed by atoms with Gasteiger partial charge in [0, 0.05) is 17.5 Å². The van der Waals surface area contributed by atoms with E-state index in [2.05, 4.69) is 4.90 Å². The first-order valence-electron chi connectivity index (χ1n) is 7.29. The number of aliphatic carboxylic acids is 1. The van der Waals surface area contributed by atoms with Gasteiger partial charge in [-0.15, -0.1) is 11.3 Å². The molecule has 102 valence electrons. The molecule has 0 spiro atoms. The molecule has 4 unspecified atom stereocenters. The van der Waals surface area contributed by atoms with Crippen molar-refractivity contribution >= 4 is 17.3 Å². The largest absolute Gasteiger partial charge is 0.480 e. The van der Waals surface area contributed by atoms with Crippen molar-refractivity contribution in [1.29, 1.82) is 0 Å². The molecule has 2 fully saturated rings. The lowest BCUT2D eigenvalue weighted by molar-refractivity contribution is -0.145. The van der Waals surface area contributed by atoms with Crippen LogP contribution in [0.5, 0.6) is 0 Å². The predicted molar refractivity (Wildman–Crippen MR) is 74.3 cm³/mol. The van der Waals surface area contributed by atoms with Crippen LogP contribution >= 0.6 is 11.3 Å². The zero-order valence-corrected chi connectivity index (χ0v) is 11.7. The summed E-state index contributed by atoms with van der Waals surface area (Å²) in [6, 6.07) is 2.16. The van der Waals surface area contributed by atoms with Crippen LogP contribution in [0.1, 0.15) is 42.2 Å². The van der Waals surface area contributed by atoms with Crippen LogP contribution in [0.2, 0.25) is 0 Å². The highest BCUT2D eigenvalue weighted by Crippen LogP contribution is 2.49. The van der Waals surface area contributed by atoms with Crippen molar-refractivity contribution in [3.8, 4) is 0 Å². The fourth-order valence-electron chi connectivity index (χ4n) is 4.59. The number of hydrogen-bond acceptors (Lipinski definition) is 3. The number of carbonyl (C=O) groups is 1. The number of nitrogens with zero attached hydrogens (tertiary/aromatic N) is 1. The van der Waals surface area contributed by atoms with Crippen LogP contribution in [0.4, 0.5) is 0 Å². The maximum absolute atomic E-state index is 11.8. The van der Waals surface area contributed by atoms with Gasteiger partial charge in [-0.3, -0.25) is 9.69 Å². The molecule has 0 amide bonds. The summed E-state index contributed by atoms with van der Waals surface area (Å²) in [6.07, 6.45) is 6.29. The van der Waals surface area contributed by atoms with Gasteiger partial charge in [0.15, 0.2) is 0 Å². The molecule has 3 nitrogen and oxygen atoms in total. The molecule has 1 aromatic rings. The van der Waals surface area contributed by atoms with Gasteiger partial charge in [-0.05, 0) is 54.5 Å². The van der Waals surface area contributed by atoms with Gasteiger partial charge in [0.2, 0.25) is 0 Å². The van der Waals surface area contributed by atoms with E-state index < -0.39 is 5.97 Å². The maximum Gasteiger partial charge on any atom is 0.325 e. The van der Waals surface area contributed by atoms with Crippen molar-refractivity contribution in [2.24, 2.45) is 11.8 Å². The fourth-order valence-corrected chi connectivity index (χ4v) is 5.49. The zero-order chi connectivity index (χ0) is 13.0. The van der Waals surface area contributed by atoms with E-state index in [1.165, 1.54) is 30.6 Å². The molecular weight excluding hydrogens is 258 g/mol. The molecule has 1 aliphatic heterocycles. The highest BCUT2D eigenvalue weighted by molar-refractivity contribution is 7.10. The van der Waals surface area contributed by atoms with Crippen LogP contribution in [-0.2, 0) is 11.2 Å². The second-order valence-corrected chi connectivity index (χ2v) is 7.27. The lowest BCUT2D eigenvalue weighted by Gasteiger charge is -2.41. The first kappa shape index (κ1) is 11.9. The van der Waals surface area contributed by atoms with Crippen molar-refractivity contribution in [3.05, 3.63) is 21.9 Å². The molecule has 0 radical (unpaired) electrons. The Balaban J connectivity index is 1.67. The fraction of sp³-hybridized carbons (Fsp3) is 0.667. The molecule has 0 aromatic carbocycles. The molecule has 1 aromatic heterocycles. The molecule has 0 saturated heterocycles. The summed E-state index contributed by atoms with van der Waals surface area (Å²) in [5, 5.41) is 11.7. The third kappa shape index (κ3) is 1.77. The molecule has 2 bridgehead atoms. The molecule has 19 heavy (non-hydrogen) atoms. The lowest BCUT2D eigenvalue weighted by atomic mass is 9.89. The number of rotatable bonds is 2. The van der Waals surface area contributed by atoms with Crippen LogP contribution in [-0.4, -0.2) is 28.6 Å². The minimum Gasteiger partial charge on any atom is -0.480 e. The monoisotopic (exact) mass is 277 g/mol. The van der Waals surface area contributed by atoms with Gasteiger partial charge in [-0.25, -0.2) is 0 Å². The summed E-state index contributed by atoms with van der Waals surface area (Å²) in [5.74, 6) is 0.961. The normalized spacial score (nSPS) is 37.5. The lowest BCUT2D eigenvalue weighted by Crippen LogP contribution is -2.47. The highest BCUT2D eigenvalue weighted by Gasteiger charge is 2.47. The van der Waals surface area contributed by atoms with E-state index in [4.69, 9.17) is 0 Å². The number of carboxylic acids is 1. The Kier molecular flexibility index (Phi) is 2.71. The average Bonchev–Trinajstić information content (AvgIpc) is 3.12. The summed E-state index contributed by atoms with van der Waals surface area (Å²) < 4.78 is 0. The predicted octanol–water partition coefficient (Wildman–Crippen LogP) is 2.92. The Labute approximate surface area is 117 Å². The number of thiophene rings is 1. The topological polar surface area (TPSA) is 40.5 Å². The van der Waals surface area contributed by atoms with Crippen LogP contribution < -0.4 is 0 Å². The Bertz CT molecular complexity index is 512. The minimum absolute atomic E-state index is 0.389. The van der Waals surface area contributed by atoms with Crippen LogP contribution in [0.3, 0.4) is 0 Å². The Hall–Kier alpha value is -0.870. The molecule has 4 atom stereocenters. The molecule has 2 aliphatic carbocycles. The van der Waals surface area contributed by atoms with Crippen molar-refractivity contribution in [1.82, 2.24) is 4.90 Å². The van der Waals surface area contributed by atoms with Crippen LogP contribution in [0.15, 0.2) is 11.4 Å². The van der Waals surface area contributed by atoms with E-state index in [-0.39, 0.29) is 6.04 Å². The van der Waals surface area contributed by atoms with Gasteiger partial charge in [-0.2, -0.15) is 0 Å². The van der Waals surface area contributed by atoms with E-state index in [1.54, 1.807) is 11.3 Å². The van der Waals surface area contributed by atoms with Crippen molar-refractivity contribution < 1.29 is 9.90 Å². The Morgan fingerprint density at radius 3 is 2.95 bits per heavy atom. The van der Waals surface area contributed by atoms with Crippen molar-refractivity contribution in [3.63, 3.8) is 0 Å². The third-order valence-electron chi connectivity index (χ3n) is 5.36. The summed E-state index contributed by atoms with van der Waals surface area (Å²) in [6.45, 7) is 0.929.